The summed E-state index contributed by atoms with van der Waals surface area (Å²) in [5.41, 5.74) is 1.01. The highest BCUT2D eigenvalue weighted by molar-refractivity contribution is 6.34. The fourth-order valence-corrected chi connectivity index (χ4v) is 2.36. The van der Waals surface area contributed by atoms with Crippen molar-refractivity contribution in [2.75, 3.05) is 12.4 Å². The van der Waals surface area contributed by atoms with Crippen LogP contribution in [0.4, 0.5) is 10.1 Å². The van der Waals surface area contributed by atoms with Gasteiger partial charge >= 0.3 is 0 Å². The summed E-state index contributed by atoms with van der Waals surface area (Å²) in [7, 11) is 1.55. The summed E-state index contributed by atoms with van der Waals surface area (Å²) in [6.07, 6.45) is 1.18. The SMILES string of the molecule is COc1cccc(-c2ocnc2C(=O)Nc2ccc(F)cc2Cl)c1. The van der Waals surface area contributed by atoms with Crippen LogP contribution in [0.5, 0.6) is 5.75 Å². The number of halogens is 2. The smallest absolute Gasteiger partial charge is 0.278 e. The Morgan fingerprint density at radius 2 is 2.12 bits per heavy atom. The lowest BCUT2D eigenvalue weighted by Gasteiger charge is -2.07. The van der Waals surface area contributed by atoms with Gasteiger partial charge in [0.25, 0.3) is 5.91 Å². The molecule has 24 heavy (non-hydrogen) atoms. The average Bonchev–Trinajstić information content (AvgIpc) is 3.07. The molecule has 1 N–H and O–H groups in total. The summed E-state index contributed by atoms with van der Waals surface area (Å²) in [6.45, 7) is 0. The molecule has 122 valence electrons. The second-order valence-corrected chi connectivity index (χ2v) is 5.25. The van der Waals surface area contributed by atoms with Crippen molar-refractivity contribution in [2.45, 2.75) is 0 Å². The van der Waals surface area contributed by atoms with Crippen LogP contribution < -0.4 is 10.1 Å². The monoisotopic (exact) mass is 346 g/mol. The predicted molar refractivity (Wildman–Crippen MR) is 87.9 cm³/mol. The molecule has 7 heteroatoms. The van der Waals surface area contributed by atoms with Gasteiger partial charge < -0.3 is 14.5 Å². The number of methoxy groups -OCH3 is 1. The van der Waals surface area contributed by atoms with Gasteiger partial charge in [0.15, 0.2) is 17.8 Å². The zero-order valence-corrected chi connectivity index (χ0v) is 13.3. The molecule has 0 aliphatic heterocycles. The molecule has 0 saturated heterocycles. The summed E-state index contributed by atoms with van der Waals surface area (Å²) in [5, 5.41) is 2.68. The van der Waals surface area contributed by atoms with Crippen molar-refractivity contribution in [3.63, 3.8) is 0 Å². The van der Waals surface area contributed by atoms with E-state index >= 15 is 0 Å². The number of rotatable bonds is 4. The third kappa shape index (κ3) is 3.23. The molecule has 1 heterocycles. The molecule has 1 amide bonds. The van der Waals surface area contributed by atoms with Crippen LogP contribution in [0.3, 0.4) is 0 Å². The molecule has 2 aromatic carbocycles. The Morgan fingerprint density at radius 3 is 2.88 bits per heavy atom. The Morgan fingerprint density at radius 1 is 1.29 bits per heavy atom. The van der Waals surface area contributed by atoms with Crippen LogP contribution in [0.25, 0.3) is 11.3 Å². The van der Waals surface area contributed by atoms with Gasteiger partial charge in [-0.2, -0.15) is 0 Å². The number of ether oxygens (including phenoxy) is 1. The van der Waals surface area contributed by atoms with Crippen LogP contribution in [0.15, 0.2) is 53.3 Å². The predicted octanol–water partition coefficient (Wildman–Crippen LogP) is 4.40. The van der Waals surface area contributed by atoms with Crippen LogP contribution in [0.1, 0.15) is 10.5 Å². The number of benzene rings is 2. The first-order valence-electron chi connectivity index (χ1n) is 6.93. The number of nitrogens with zero attached hydrogens (tertiary/aromatic N) is 1. The van der Waals surface area contributed by atoms with Gasteiger partial charge in [-0.05, 0) is 30.3 Å². The molecule has 0 atom stereocenters. The Balaban J connectivity index is 1.90. The molecule has 3 rings (SSSR count). The zero-order chi connectivity index (χ0) is 17.1. The van der Waals surface area contributed by atoms with Crippen molar-refractivity contribution in [2.24, 2.45) is 0 Å². The fourth-order valence-electron chi connectivity index (χ4n) is 2.15. The first kappa shape index (κ1) is 16.0. The normalized spacial score (nSPS) is 10.5. The number of carbonyl (C=O) groups excluding carboxylic acids is 1. The molecule has 0 aliphatic carbocycles. The molecule has 0 bridgehead atoms. The van der Waals surface area contributed by atoms with E-state index in [1.807, 2.05) is 0 Å². The molecule has 1 aromatic heterocycles. The second kappa shape index (κ2) is 6.72. The summed E-state index contributed by atoms with van der Waals surface area (Å²) >= 11 is 5.92. The minimum atomic E-state index is -0.518. The summed E-state index contributed by atoms with van der Waals surface area (Å²) in [4.78, 5) is 16.4. The van der Waals surface area contributed by atoms with Gasteiger partial charge in [-0.3, -0.25) is 4.79 Å². The maximum absolute atomic E-state index is 13.1. The molecule has 0 saturated carbocycles. The molecule has 0 radical (unpaired) electrons. The van der Waals surface area contributed by atoms with Crippen LogP contribution in [-0.4, -0.2) is 18.0 Å². The Hall–Kier alpha value is -2.86. The van der Waals surface area contributed by atoms with Gasteiger partial charge in [-0.1, -0.05) is 23.7 Å². The quantitative estimate of drug-likeness (QED) is 0.760. The van der Waals surface area contributed by atoms with E-state index in [0.717, 1.165) is 6.07 Å². The molecule has 0 aliphatic rings. The number of hydrogen-bond acceptors (Lipinski definition) is 4. The van der Waals surface area contributed by atoms with E-state index in [-0.39, 0.29) is 16.4 Å². The number of carbonyl (C=O) groups is 1. The van der Waals surface area contributed by atoms with Crippen molar-refractivity contribution in [3.8, 4) is 17.1 Å². The van der Waals surface area contributed by atoms with E-state index in [1.54, 1.807) is 31.4 Å². The van der Waals surface area contributed by atoms with Crippen LogP contribution in [0.2, 0.25) is 5.02 Å². The minimum absolute atomic E-state index is 0.0867. The number of aromatic nitrogens is 1. The third-order valence-corrected chi connectivity index (χ3v) is 3.61. The number of amides is 1. The van der Waals surface area contributed by atoms with E-state index in [2.05, 4.69) is 10.3 Å². The lowest BCUT2D eigenvalue weighted by molar-refractivity contribution is 0.102. The third-order valence-electron chi connectivity index (χ3n) is 3.29. The minimum Gasteiger partial charge on any atom is -0.497 e. The molecule has 0 spiro atoms. The summed E-state index contributed by atoms with van der Waals surface area (Å²) < 4.78 is 23.6. The van der Waals surface area contributed by atoms with Crippen molar-refractivity contribution < 1.29 is 18.3 Å². The lowest BCUT2D eigenvalue weighted by atomic mass is 10.1. The van der Waals surface area contributed by atoms with Gasteiger partial charge in [0.1, 0.15) is 11.6 Å². The first-order valence-corrected chi connectivity index (χ1v) is 7.30. The number of hydrogen-bond donors (Lipinski definition) is 1. The average molecular weight is 347 g/mol. The van der Waals surface area contributed by atoms with Gasteiger partial charge in [-0.15, -0.1) is 0 Å². The lowest BCUT2D eigenvalue weighted by Crippen LogP contribution is -2.13. The second-order valence-electron chi connectivity index (χ2n) is 4.84. The standard InChI is InChI=1S/C17H12ClFN2O3/c1-23-12-4-2-3-10(7-12)16-15(20-9-24-16)17(22)21-14-6-5-11(19)8-13(14)18/h2-9H,1H3,(H,21,22). The van der Waals surface area contributed by atoms with Gasteiger partial charge in [0.05, 0.1) is 17.8 Å². The molecule has 0 fully saturated rings. The highest BCUT2D eigenvalue weighted by Crippen LogP contribution is 2.28. The maximum Gasteiger partial charge on any atom is 0.278 e. The number of anilines is 1. The van der Waals surface area contributed by atoms with Crippen LogP contribution >= 0.6 is 11.6 Å². The van der Waals surface area contributed by atoms with Gasteiger partial charge in [0.2, 0.25) is 0 Å². The van der Waals surface area contributed by atoms with Crippen molar-refractivity contribution in [1.29, 1.82) is 0 Å². The van der Waals surface area contributed by atoms with E-state index in [4.69, 9.17) is 20.8 Å². The number of nitrogens with one attached hydrogen (secondary N) is 1. The molecule has 3 aromatic rings. The molecule has 5 nitrogen and oxygen atoms in total. The van der Waals surface area contributed by atoms with E-state index in [9.17, 15) is 9.18 Å². The Bertz CT molecular complexity index is 895. The van der Waals surface area contributed by atoms with Crippen molar-refractivity contribution >= 4 is 23.2 Å². The molecular formula is C17H12ClFN2O3. The Kier molecular flexibility index (Phi) is 4.48. The van der Waals surface area contributed by atoms with Crippen LogP contribution in [0, 0.1) is 5.82 Å². The van der Waals surface area contributed by atoms with Crippen LogP contribution in [-0.2, 0) is 0 Å². The zero-order valence-electron chi connectivity index (χ0n) is 12.5. The van der Waals surface area contributed by atoms with Crippen molar-refractivity contribution in [1.82, 2.24) is 4.98 Å². The highest BCUT2D eigenvalue weighted by atomic mass is 35.5. The first-order chi connectivity index (χ1) is 11.6. The molecular weight excluding hydrogens is 335 g/mol. The van der Waals surface area contributed by atoms with Crippen molar-refractivity contribution in [3.05, 3.63) is 65.4 Å². The molecule has 0 unspecified atom stereocenters. The van der Waals surface area contributed by atoms with Gasteiger partial charge in [0, 0.05) is 5.56 Å². The Labute approximate surface area is 142 Å². The highest BCUT2D eigenvalue weighted by Gasteiger charge is 2.19. The summed E-state index contributed by atoms with van der Waals surface area (Å²) in [6, 6.07) is 10.7. The maximum atomic E-state index is 13.1. The topological polar surface area (TPSA) is 64.4 Å². The van der Waals surface area contributed by atoms with E-state index in [0.29, 0.717) is 17.1 Å². The number of oxazole rings is 1. The van der Waals surface area contributed by atoms with E-state index in [1.165, 1.54) is 18.5 Å². The van der Waals surface area contributed by atoms with Gasteiger partial charge in [-0.25, -0.2) is 9.37 Å². The van der Waals surface area contributed by atoms with E-state index < -0.39 is 11.7 Å². The fraction of sp³-hybridized carbons (Fsp3) is 0.0588. The summed E-state index contributed by atoms with van der Waals surface area (Å²) in [5.74, 6) is -0.0898. The largest absolute Gasteiger partial charge is 0.497 e.